The minimum absolute atomic E-state index is 0.146. The molecule has 7 heteroatoms. The summed E-state index contributed by atoms with van der Waals surface area (Å²) in [5.41, 5.74) is 8.70. The van der Waals surface area contributed by atoms with Gasteiger partial charge in [-0.3, -0.25) is 9.59 Å². The van der Waals surface area contributed by atoms with Gasteiger partial charge in [-0.05, 0) is 31.5 Å². The van der Waals surface area contributed by atoms with Crippen molar-refractivity contribution >= 4 is 11.8 Å². The van der Waals surface area contributed by atoms with Gasteiger partial charge in [0.15, 0.2) is 5.69 Å². The molecule has 0 aliphatic heterocycles. The molecule has 26 heavy (non-hydrogen) atoms. The molecule has 0 aliphatic rings. The highest BCUT2D eigenvalue weighted by Crippen LogP contribution is 2.16. The number of aryl methyl sites for hydroxylation is 1. The molecular formula is C19H19N5O2. The molecule has 1 heterocycles. The van der Waals surface area contributed by atoms with Gasteiger partial charge in [0.2, 0.25) is 5.91 Å². The average molecular weight is 349 g/mol. The van der Waals surface area contributed by atoms with Crippen molar-refractivity contribution in [2.24, 2.45) is 5.73 Å². The van der Waals surface area contributed by atoms with Gasteiger partial charge in [0.05, 0.1) is 11.4 Å². The van der Waals surface area contributed by atoms with Gasteiger partial charge in [-0.25, -0.2) is 4.68 Å². The molecule has 1 aromatic heterocycles. The van der Waals surface area contributed by atoms with E-state index in [1.54, 1.807) is 35.9 Å². The van der Waals surface area contributed by atoms with E-state index in [2.05, 4.69) is 15.6 Å². The van der Waals surface area contributed by atoms with Crippen LogP contribution in [0.2, 0.25) is 0 Å². The van der Waals surface area contributed by atoms with Crippen molar-refractivity contribution in [3.8, 4) is 5.69 Å². The summed E-state index contributed by atoms with van der Waals surface area (Å²) in [5.74, 6) is -1.15. The maximum absolute atomic E-state index is 12.6. The average Bonchev–Trinajstić information content (AvgIpc) is 3.02. The molecule has 2 aromatic carbocycles. The van der Waals surface area contributed by atoms with Crippen LogP contribution in [-0.4, -0.2) is 26.8 Å². The fraction of sp³-hybridized carbons (Fsp3) is 0.158. The Morgan fingerprint density at radius 2 is 1.69 bits per heavy atom. The summed E-state index contributed by atoms with van der Waals surface area (Å²) in [6.07, 6.45) is 0. The number of nitrogens with zero attached hydrogens (tertiary/aromatic N) is 3. The Morgan fingerprint density at radius 3 is 2.31 bits per heavy atom. The number of hydrogen-bond acceptors (Lipinski definition) is 4. The van der Waals surface area contributed by atoms with Crippen LogP contribution in [0.3, 0.4) is 0 Å². The zero-order chi connectivity index (χ0) is 18.7. The fourth-order valence-electron chi connectivity index (χ4n) is 2.63. The highest BCUT2D eigenvalue weighted by molar-refractivity contribution is 5.96. The minimum atomic E-state index is -0.937. The smallest absolute Gasteiger partial charge is 0.274 e. The Bertz CT molecular complexity index is 932. The molecule has 3 aromatic rings. The summed E-state index contributed by atoms with van der Waals surface area (Å²) in [6, 6.07) is 15.6. The summed E-state index contributed by atoms with van der Waals surface area (Å²) in [4.78, 5) is 24.4. The number of nitrogens with two attached hydrogens (primary N) is 1. The van der Waals surface area contributed by atoms with E-state index in [-0.39, 0.29) is 5.69 Å². The monoisotopic (exact) mass is 349 g/mol. The maximum Gasteiger partial charge on any atom is 0.274 e. The maximum atomic E-state index is 12.6. The summed E-state index contributed by atoms with van der Waals surface area (Å²) in [7, 11) is 0. The second kappa shape index (κ2) is 7.18. The standard InChI is InChI=1S/C19H19N5O2/c1-12-8-10-15(11-9-12)24-13(2)16(22-23-24)19(26)21-17(18(20)25)14-6-4-3-5-7-14/h3-11,17H,1-2H3,(H2,20,25)(H,21,26)/t17-/m1/s1. The highest BCUT2D eigenvalue weighted by atomic mass is 16.2. The molecule has 3 N–H and O–H groups in total. The first-order valence-corrected chi connectivity index (χ1v) is 8.12. The summed E-state index contributed by atoms with van der Waals surface area (Å²) < 4.78 is 1.58. The quantitative estimate of drug-likeness (QED) is 0.733. The molecule has 132 valence electrons. The lowest BCUT2D eigenvalue weighted by molar-refractivity contribution is -0.120. The molecule has 0 aliphatic carbocycles. The first-order chi connectivity index (χ1) is 12.5. The molecule has 0 saturated carbocycles. The lowest BCUT2D eigenvalue weighted by Gasteiger charge is -2.15. The van der Waals surface area contributed by atoms with Crippen LogP contribution in [0.25, 0.3) is 5.69 Å². The van der Waals surface area contributed by atoms with Gasteiger partial charge >= 0.3 is 0 Å². The van der Waals surface area contributed by atoms with Gasteiger partial charge in [-0.1, -0.05) is 53.2 Å². The molecule has 7 nitrogen and oxygen atoms in total. The molecule has 0 saturated heterocycles. The third-order valence-electron chi connectivity index (χ3n) is 4.08. The lowest BCUT2D eigenvalue weighted by Crippen LogP contribution is -2.37. The minimum Gasteiger partial charge on any atom is -0.368 e. The number of benzene rings is 2. The van der Waals surface area contributed by atoms with Gasteiger partial charge in [-0.15, -0.1) is 5.10 Å². The number of nitrogens with one attached hydrogen (secondary N) is 1. The van der Waals surface area contributed by atoms with Crippen LogP contribution < -0.4 is 11.1 Å². The van der Waals surface area contributed by atoms with Crippen LogP contribution in [0, 0.1) is 13.8 Å². The van der Waals surface area contributed by atoms with Crippen molar-refractivity contribution in [1.29, 1.82) is 0 Å². The van der Waals surface area contributed by atoms with E-state index in [1.165, 1.54) is 0 Å². The molecule has 0 spiro atoms. The van der Waals surface area contributed by atoms with Gasteiger partial charge in [-0.2, -0.15) is 0 Å². The second-order valence-corrected chi connectivity index (χ2v) is 5.99. The van der Waals surface area contributed by atoms with Crippen LogP contribution >= 0.6 is 0 Å². The van der Waals surface area contributed by atoms with Crippen LogP contribution in [0.4, 0.5) is 0 Å². The van der Waals surface area contributed by atoms with Crippen molar-refractivity contribution in [3.63, 3.8) is 0 Å². The van der Waals surface area contributed by atoms with E-state index < -0.39 is 17.9 Å². The molecular weight excluding hydrogens is 330 g/mol. The predicted octanol–water partition coefficient (Wildman–Crippen LogP) is 1.84. The number of aromatic nitrogens is 3. The number of primary amides is 1. The van der Waals surface area contributed by atoms with Crippen molar-refractivity contribution in [3.05, 3.63) is 77.1 Å². The summed E-state index contributed by atoms with van der Waals surface area (Å²) >= 11 is 0. The van der Waals surface area contributed by atoms with Gasteiger partial charge in [0.1, 0.15) is 6.04 Å². The van der Waals surface area contributed by atoms with E-state index in [1.807, 2.05) is 37.3 Å². The Kier molecular flexibility index (Phi) is 4.79. The van der Waals surface area contributed by atoms with Crippen molar-refractivity contribution in [2.75, 3.05) is 0 Å². The SMILES string of the molecule is Cc1ccc(-n2nnc(C(=O)N[C@@H](C(N)=O)c3ccccc3)c2C)cc1. The topological polar surface area (TPSA) is 103 Å². The Labute approximate surface area is 150 Å². The number of rotatable bonds is 5. The van der Waals surface area contributed by atoms with Crippen molar-refractivity contribution in [2.45, 2.75) is 19.9 Å². The van der Waals surface area contributed by atoms with Crippen LogP contribution in [0.1, 0.15) is 33.4 Å². The molecule has 1 atom stereocenters. The predicted molar refractivity (Wildman–Crippen MR) is 96.7 cm³/mol. The van der Waals surface area contributed by atoms with Crippen LogP contribution in [0.5, 0.6) is 0 Å². The number of carbonyl (C=O) groups excluding carboxylic acids is 2. The van der Waals surface area contributed by atoms with Gasteiger partial charge < -0.3 is 11.1 Å². The zero-order valence-corrected chi connectivity index (χ0v) is 14.5. The number of carbonyl (C=O) groups is 2. The zero-order valence-electron chi connectivity index (χ0n) is 14.5. The Hall–Kier alpha value is -3.48. The Balaban J connectivity index is 1.86. The van der Waals surface area contributed by atoms with Crippen LogP contribution in [-0.2, 0) is 4.79 Å². The van der Waals surface area contributed by atoms with Crippen LogP contribution in [0.15, 0.2) is 54.6 Å². The number of amides is 2. The van der Waals surface area contributed by atoms with E-state index in [0.29, 0.717) is 11.3 Å². The normalized spacial score (nSPS) is 11.8. The number of hydrogen-bond donors (Lipinski definition) is 2. The lowest BCUT2D eigenvalue weighted by atomic mass is 10.1. The Morgan fingerprint density at radius 1 is 1.04 bits per heavy atom. The first kappa shape index (κ1) is 17.3. The van der Waals surface area contributed by atoms with E-state index >= 15 is 0 Å². The van der Waals surface area contributed by atoms with Gasteiger partial charge in [0.25, 0.3) is 5.91 Å². The van der Waals surface area contributed by atoms with Crippen molar-refractivity contribution in [1.82, 2.24) is 20.3 Å². The molecule has 3 rings (SSSR count). The van der Waals surface area contributed by atoms with E-state index in [0.717, 1.165) is 11.3 Å². The van der Waals surface area contributed by atoms with E-state index in [4.69, 9.17) is 5.73 Å². The van der Waals surface area contributed by atoms with Gasteiger partial charge in [0, 0.05) is 0 Å². The first-order valence-electron chi connectivity index (χ1n) is 8.12. The third-order valence-corrected chi connectivity index (χ3v) is 4.08. The third kappa shape index (κ3) is 3.46. The summed E-state index contributed by atoms with van der Waals surface area (Å²) in [6.45, 7) is 3.74. The molecule has 2 amide bonds. The highest BCUT2D eigenvalue weighted by Gasteiger charge is 2.24. The summed E-state index contributed by atoms with van der Waals surface area (Å²) in [5, 5.41) is 10.7. The second-order valence-electron chi connectivity index (χ2n) is 5.99. The fourth-order valence-corrected chi connectivity index (χ4v) is 2.63. The molecule has 0 unspecified atom stereocenters. The van der Waals surface area contributed by atoms with Crippen molar-refractivity contribution < 1.29 is 9.59 Å². The van der Waals surface area contributed by atoms with E-state index in [9.17, 15) is 9.59 Å². The largest absolute Gasteiger partial charge is 0.368 e. The molecule has 0 bridgehead atoms. The molecule has 0 radical (unpaired) electrons. The molecule has 0 fully saturated rings.